The number of hydrogen-bond donors (Lipinski definition) is 0. The molecule has 1 atom stereocenters. The van der Waals surface area contributed by atoms with E-state index < -0.39 is 11.4 Å². The Balaban J connectivity index is 1.64. The first-order valence-electron chi connectivity index (χ1n) is 9.01. The van der Waals surface area contributed by atoms with Gasteiger partial charge >= 0.3 is 0 Å². The minimum atomic E-state index is -0.891. The first-order chi connectivity index (χ1) is 13.0. The van der Waals surface area contributed by atoms with E-state index in [1.807, 2.05) is 35.7 Å². The SMILES string of the molecule is Cn1cc(-c2ccccc2)c2sc(CN3CCN([S+](C)[O-])CC3)cc2c1=O. The molecule has 1 fully saturated rings. The largest absolute Gasteiger partial charge is 0.598 e. The zero-order chi connectivity index (χ0) is 19.0. The molecule has 1 aromatic carbocycles. The Morgan fingerprint density at radius 1 is 1.15 bits per heavy atom. The molecule has 142 valence electrons. The predicted molar refractivity (Wildman–Crippen MR) is 113 cm³/mol. The summed E-state index contributed by atoms with van der Waals surface area (Å²) in [5.41, 5.74) is 2.29. The maximum atomic E-state index is 12.7. The van der Waals surface area contributed by atoms with Gasteiger partial charge in [-0.05, 0) is 11.6 Å². The van der Waals surface area contributed by atoms with E-state index in [0.717, 1.165) is 53.9 Å². The van der Waals surface area contributed by atoms with Crippen LogP contribution < -0.4 is 5.56 Å². The summed E-state index contributed by atoms with van der Waals surface area (Å²) in [7, 11) is 1.82. The van der Waals surface area contributed by atoms with Crippen molar-refractivity contribution in [1.29, 1.82) is 0 Å². The predicted octanol–water partition coefficient (Wildman–Crippen LogP) is 2.68. The molecular formula is C20H23N3O2S2. The maximum Gasteiger partial charge on any atom is 0.259 e. The number of fused-ring (bicyclic) bond motifs is 1. The fraction of sp³-hybridized carbons (Fsp3) is 0.350. The highest BCUT2D eigenvalue weighted by molar-refractivity contribution is 7.88. The van der Waals surface area contributed by atoms with Gasteiger partial charge in [-0.15, -0.1) is 15.6 Å². The van der Waals surface area contributed by atoms with Crippen LogP contribution in [0.5, 0.6) is 0 Å². The van der Waals surface area contributed by atoms with Crippen molar-refractivity contribution < 1.29 is 4.55 Å². The first-order valence-corrected chi connectivity index (χ1v) is 11.3. The van der Waals surface area contributed by atoms with Gasteiger partial charge in [-0.1, -0.05) is 30.3 Å². The number of aryl methyl sites for hydroxylation is 1. The molecule has 2 aromatic heterocycles. The van der Waals surface area contributed by atoms with Crippen LogP contribution in [0, 0.1) is 0 Å². The second-order valence-corrected chi connectivity index (χ2v) is 9.41. The van der Waals surface area contributed by atoms with Crippen LogP contribution in [-0.4, -0.2) is 50.8 Å². The molecule has 5 nitrogen and oxygen atoms in total. The summed E-state index contributed by atoms with van der Waals surface area (Å²) < 4.78 is 16.4. The van der Waals surface area contributed by atoms with Gasteiger partial charge in [0.2, 0.25) is 0 Å². The molecule has 1 aliphatic heterocycles. The molecule has 3 heterocycles. The second-order valence-electron chi connectivity index (χ2n) is 6.91. The molecule has 0 N–H and O–H groups in total. The topological polar surface area (TPSA) is 51.5 Å². The molecule has 0 radical (unpaired) electrons. The Kier molecular flexibility index (Phi) is 5.39. The Bertz CT molecular complexity index is 990. The number of benzene rings is 1. The normalized spacial score (nSPS) is 17.4. The standard InChI is InChI=1S/C20H23N3O2S2/c1-21-14-18(15-6-4-3-5-7-15)19-17(20(21)24)12-16(26-19)13-22-8-10-23(11-9-22)27(2)25/h3-7,12,14H,8-11,13H2,1-2H3. The molecular weight excluding hydrogens is 378 g/mol. The van der Waals surface area contributed by atoms with Crippen molar-refractivity contribution in [3.8, 4) is 11.1 Å². The summed E-state index contributed by atoms with van der Waals surface area (Å²) >= 11 is 0.823. The van der Waals surface area contributed by atoms with Gasteiger partial charge in [-0.2, -0.15) is 0 Å². The van der Waals surface area contributed by atoms with Gasteiger partial charge in [-0.3, -0.25) is 9.69 Å². The Morgan fingerprint density at radius 2 is 1.85 bits per heavy atom. The monoisotopic (exact) mass is 401 g/mol. The van der Waals surface area contributed by atoms with Crippen LogP contribution in [0.3, 0.4) is 0 Å². The molecule has 4 rings (SSSR count). The highest BCUT2D eigenvalue weighted by Gasteiger charge is 2.23. The second kappa shape index (κ2) is 7.77. The van der Waals surface area contributed by atoms with Gasteiger partial charge in [0.1, 0.15) is 6.26 Å². The van der Waals surface area contributed by atoms with Crippen LogP contribution in [-0.2, 0) is 25.0 Å². The zero-order valence-corrected chi connectivity index (χ0v) is 17.2. The molecule has 0 spiro atoms. The van der Waals surface area contributed by atoms with Crippen molar-refractivity contribution in [3.05, 3.63) is 57.8 Å². The lowest BCUT2D eigenvalue weighted by Crippen LogP contribution is -2.47. The summed E-state index contributed by atoms with van der Waals surface area (Å²) in [5.74, 6) is 0. The Labute approximate surface area is 166 Å². The average molecular weight is 402 g/mol. The third-order valence-electron chi connectivity index (χ3n) is 5.06. The van der Waals surface area contributed by atoms with E-state index in [2.05, 4.69) is 23.1 Å². The van der Waals surface area contributed by atoms with Crippen molar-refractivity contribution in [1.82, 2.24) is 13.8 Å². The van der Waals surface area contributed by atoms with Crippen LogP contribution in [0.2, 0.25) is 0 Å². The first kappa shape index (κ1) is 18.7. The number of nitrogens with zero attached hydrogens (tertiary/aromatic N) is 3. The highest BCUT2D eigenvalue weighted by Crippen LogP contribution is 2.33. The number of rotatable bonds is 4. The van der Waals surface area contributed by atoms with E-state index in [-0.39, 0.29) is 5.56 Å². The van der Waals surface area contributed by atoms with E-state index in [4.69, 9.17) is 0 Å². The quantitative estimate of drug-likeness (QED) is 0.631. The molecule has 3 aromatic rings. The zero-order valence-electron chi connectivity index (χ0n) is 15.6. The van der Waals surface area contributed by atoms with E-state index in [1.165, 1.54) is 4.88 Å². The molecule has 1 saturated heterocycles. The molecule has 0 aliphatic carbocycles. The van der Waals surface area contributed by atoms with Crippen LogP contribution in [0.1, 0.15) is 4.88 Å². The van der Waals surface area contributed by atoms with Crippen molar-refractivity contribution in [2.24, 2.45) is 7.05 Å². The van der Waals surface area contributed by atoms with E-state index >= 15 is 0 Å². The molecule has 0 bridgehead atoms. The third kappa shape index (κ3) is 3.83. The lowest BCUT2D eigenvalue weighted by Gasteiger charge is -2.32. The summed E-state index contributed by atoms with van der Waals surface area (Å²) in [6.07, 6.45) is 3.68. The lowest BCUT2D eigenvalue weighted by atomic mass is 10.1. The van der Waals surface area contributed by atoms with Gasteiger partial charge in [0.15, 0.2) is 0 Å². The van der Waals surface area contributed by atoms with Crippen LogP contribution >= 0.6 is 11.3 Å². The summed E-state index contributed by atoms with van der Waals surface area (Å²) in [5, 5.41) is 0.798. The molecule has 7 heteroatoms. The molecule has 0 amide bonds. The van der Waals surface area contributed by atoms with E-state index in [1.54, 1.807) is 22.2 Å². The molecule has 27 heavy (non-hydrogen) atoms. The minimum Gasteiger partial charge on any atom is -0.598 e. The number of aromatic nitrogens is 1. The Hall–Kier alpha value is -1.64. The third-order valence-corrected chi connectivity index (χ3v) is 7.31. The molecule has 0 saturated carbocycles. The fourth-order valence-corrected chi connectivity index (χ4v) is 5.47. The van der Waals surface area contributed by atoms with Crippen molar-refractivity contribution in [2.75, 3.05) is 32.4 Å². The van der Waals surface area contributed by atoms with Crippen molar-refractivity contribution in [3.63, 3.8) is 0 Å². The fourth-order valence-electron chi connectivity index (χ4n) is 3.57. The smallest absolute Gasteiger partial charge is 0.259 e. The number of thiophene rings is 1. The van der Waals surface area contributed by atoms with Crippen LogP contribution in [0.4, 0.5) is 0 Å². The van der Waals surface area contributed by atoms with E-state index in [0.29, 0.717) is 0 Å². The van der Waals surface area contributed by atoms with Crippen LogP contribution in [0.15, 0.2) is 47.4 Å². The van der Waals surface area contributed by atoms with Gasteiger partial charge in [0.05, 0.1) is 18.5 Å². The van der Waals surface area contributed by atoms with Gasteiger partial charge < -0.3 is 9.12 Å². The molecule has 1 unspecified atom stereocenters. The van der Waals surface area contributed by atoms with Gasteiger partial charge in [-0.25, -0.2) is 0 Å². The van der Waals surface area contributed by atoms with Gasteiger partial charge in [0.25, 0.3) is 5.56 Å². The number of pyridine rings is 1. The molecule has 1 aliphatic rings. The summed E-state index contributed by atoms with van der Waals surface area (Å²) in [6.45, 7) is 4.28. The average Bonchev–Trinajstić information content (AvgIpc) is 3.10. The highest BCUT2D eigenvalue weighted by atomic mass is 32.2. The van der Waals surface area contributed by atoms with Crippen molar-refractivity contribution in [2.45, 2.75) is 6.54 Å². The minimum absolute atomic E-state index is 0.0541. The lowest BCUT2D eigenvalue weighted by molar-refractivity contribution is 0.183. The van der Waals surface area contributed by atoms with Crippen molar-refractivity contribution >= 4 is 32.8 Å². The summed E-state index contributed by atoms with van der Waals surface area (Å²) in [6, 6.07) is 12.3. The maximum absolute atomic E-state index is 12.7. The number of piperazine rings is 1. The summed E-state index contributed by atoms with van der Waals surface area (Å²) in [4.78, 5) is 16.2. The van der Waals surface area contributed by atoms with E-state index in [9.17, 15) is 9.35 Å². The number of hydrogen-bond acceptors (Lipinski definition) is 5. The Morgan fingerprint density at radius 3 is 2.52 bits per heavy atom. The van der Waals surface area contributed by atoms with Crippen LogP contribution in [0.25, 0.3) is 21.2 Å². The van der Waals surface area contributed by atoms with Gasteiger partial charge in [0, 0.05) is 59.4 Å².